The van der Waals surface area contributed by atoms with Crippen molar-refractivity contribution in [3.8, 4) is 0 Å². The maximum absolute atomic E-state index is 11.8. The number of aromatic nitrogens is 2. The van der Waals surface area contributed by atoms with Gasteiger partial charge in [0.2, 0.25) is 10.0 Å². The van der Waals surface area contributed by atoms with Crippen molar-refractivity contribution in [2.45, 2.75) is 19.9 Å². The molecule has 0 bridgehead atoms. The summed E-state index contributed by atoms with van der Waals surface area (Å²) in [6, 6.07) is 0. The SMILES string of the molecule is CCNCCCS(=O)(=O)Nc1cnn(CCOC)c1. The Morgan fingerprint density at radius 3 is 2.95 bits per heavy atom. The number of nitrogens with one attached hydrogen (secondary N) is 2. The minimum absolute atomic E-state index is 0.100. The lowest BCUT2D eigenvalue weighted by atomic mass is 10.5. The van der Waals surface area contributed by atoms with Gasteiger partial charge in [-0.05, 0) is 19.5 Å². The van der Waals surface area contributed by atoms with Gasteiger partial charge in [0.05, 0.1) is 30.8 Å². The number of methoxy groups -OCH3 is 1. The van der Waals surface area contributed by atoms with E-state index in [0.29, 0.717) is 31.8 Å². The van der Waals surface area contributed by atoms with E-state index in [4.69, 9.17) is 4.74 Å². The molecular formula is C11H22N4O3S. The summed E-state index contributed by atoms with van der Waals surface area (Å²) >= 11 is 0. The Labute approximate surface area is 114 Å². The van der Waals surface area contributed by atoms with Crippen LogP contribution < -0.4 is 10.0 Å². The minimum atomic E-state index is -3.30. The molecule has 7 nitrogen and oxygen atoms in total. The van der Waals surface area contributed by atoms with Gasteiger partial charge in [-0.3, -0.25) is 9.40 Å². The van der Waals surface area contributed by atoms with Gasteiger partial charge in [0.15, 0.2) is 0 Å². The maximum atomic E-state index is 11.8. The average molecular weight is 290 g/mol. The second-order valence-electron chi connectivity index (χ2n) is 4.11. The first-order chi connectivity index (χ1) is 9.07. The molecule has 0 aliphatic rings. The molecule has 1 rings (SSSR count). The third-order valence-corrected chi connectivity index (χ3v) is 3.82. The van der Waals surface area contributed by atoms with Crippen LogP contribution in [0.25, 0.3) is 0 Å². The zero-order valence-electron chi connectivity index (χ0n) is 11.4. The van der Waals surface area contributed by atoms with Crippen molar-refractivity contribution in [1.82, 2.24) is 15.1 Å². The van der Waals surface area contributed by atoms with Crippen LogP contribution in [0.1, 0.15) is 13.3 Å². The third kappa shape index (κ3) is 6.55. The second kappa shape index (κ2) is 8.13. The Morgan fingerprint density at radius 2 is 2.26 bits per heavy atom. The van der Waals surface area contributed by atoms with Gasteiger partial charge in [-0.25, -0.2) is 8.42 Å². The van der Waals surface area contributed by atoms with E-state index >= 15 is 0 Å². The highest BCUT2D eigenvalue weighted by molar-refractivity contribution is 7.92. The molecule has 19 heavy (non-hydrogen) atoms. The zero-order valence-corrected chi connectivity index (χ0v) is 12.2. The van der Waals surface area contributed by atoms with Crippen LogP contribution in [0.4, 0.5) is 5.69 Å². The number of sulfonamides is 1. The molecule has 0 unspecified atom stereocenters. The van der Waals surface area contributed by atoms with Crippen LogP contribution in [0, 0.1) is 0 Å². The number of hydrogen-bond donors (Lipinski definition) is 2. The zero-order chi connectivity index (χ0) is 14.1. The fraction of sp³-hybridized carbons (Fsp3) is 0.727. The summed E-state index contributed by atoms with van der Waals surface area (Å²) in [5.41, 5.74) is 0.486. The van der Waals surface area contributed by atoms with Gasteiger partial charge in [-0.2, -0.15) is 5.10 Å². The molecule has 8 heteroatoms. The second-order valence-corrected chi connectivity index (χ2v) is 5.95. The molecule has 0 spiro atoms. The average Bonchev–Trinajstić information content (AvgIpc) is 2.79. The van der Waals surface area contributed by atoms with Crippen molar-refractivity contribution < 1.29 is 13.2 Å². The van der Waals surface area contributed by atoms with Crippen molar-refractivity contribution >= 4 is 15.7 Å². The highest BCUT2D eigenvalue weighted by Gasteiger charge is 2.11. The Bertz CT molecular complexity index is 458. The molecule has 0 amide bonds. The number of nitrogens with zero attached hydrogens (tertiary/aromatic N) is 2. The van der Waals surface area contributed by atoms with Crippen LogP contribution in [-0.2, 0) is 21.3 Å². The van der Waals surface area contributed by atoms with Crippen molar-refractivity contribution in [2.24, 2.45) is 0 Å². The summed E-state index contributed by atoms with van der Waals surface area (Å²) < 4.78 is 32.6. The van der Waals surface area contributed by atoms with Gasteiger partial charge in [0.25, 0.3) is 0 Å². The highest BCUT2D eigenvalue weighted by atomic mass is 32.2. The summed E-state index contributed by atoms with van der Waals surface area (Å²) in [5.74, 6) is 0.100. The van der Waals surface area contributed by atoms with E-state index in [9.17, 15) is 8.42 Å². The van der Waals surface area contributed by atoms with Gasteiger partial charge in [-0.1, -0.05) is 6.92 Å². The fourth-order valence-electron chi connectivity index (χ4n) is 1.52. The van der Waals surface area contributed by atoms with Crippen LogP contribution in [0.5, 0.6) is 0 Å². The first kappa shape index (κ1) is 15.9. The van der Waals surface area contributed by atoms with E-state index in [0.717, 1.165) is 6.54 Å². The Kier molecular flexibility index (Phi) is 6.82. The van der Waals surface area contributed by atoms with Gasteiger partial charge in [-0.15, -0.1) is 0 Å². The Balaban J connectivity index is 2.41. The quantitative estimate of drug-likeness (QED) is 0.604. The summed E-state index contributed by atoms with van der Waals surface area (Å²) in [6.45, 7) is 4.67. The summed E-state index contributed by atoms with van der Waals surface area (Å²) in [5, 5.41) is 7.13. The highest BCUT2D eigenvalue weighted by Crippen LogP contribution is 2.08. The predicted octanol–water partition coefficient (Wildman–Crippen LogP) is 0.271. The van der Waals surface area contributed by atoms with E-state index in [1.807, 2.05) is 6.92 Å². The number of anilines is 1. The molecule has 0 saturated carbocycles. The van der Waals surface area contributed by atoms with Crippen molar-refractivity contribution in [3.63, 3.8) is 0 Å². The lowest BCUT2D eigenvalue weighted by Gasteiger charge is -2.06. The molecule has 0 fully saturated rings. The lowest BCUT2D eigenvalue weighted by Crippen LogP contribution is -2.21. The molecule has 1 aromatic heterocycles. The Morgan fingerprint density at radius 1 is 1.47 bits per heavy atom. The number of ether oxygens (including phenoxy) is 1. The Hall–Kier alpha value is -1.12. The molecular weight excluding hydrogens is 268 g/mol. The molecule has 0 radical (unpaired) electrons. The summed E-state index contributed by atoms with van der Waals surface area (Å²) in [4.78, 5) is 0. The van der Waals surface area contributed by atoms with Gasteiger partial charge >= 0.3 is 0 Å². The van der Waals surface area contributed by atoms with Crippen LogP contribution in [-0.4, -0.2) is 50.8 Å². The minimum Gasteiger partial charge on any atom is -0.383 e. The fourth-order valence-corrected chi connectivity index (χ4v) is 2.61. The van der Waals surface area contributed by atoms with Gasteiger partial charge < -0.3 is 10.1 Å². The largest absolute Gasteiger partial charge is 0.383 e. The standard InChI is InChI=1S/C11H22N4O3S/c1-3-12-5-4-8-19(16,17)14-11-9-13-15(10-11)6-7-18-2/h9-10,12,14H,3-8H2,1-2H3. The van der Waals surface area contributed by atoms with Crippen LogP contribution in [0.15, 0.2) is 12.4 Å². The molecule has 2 N–H and O–H groups in total. The van der Waals surface area contributed by atoms with Gasteiger partial charge in [0.1, 0.15) is 0 Å². The molecule has 0 aliphatic carbocycles. The number of hydrogen-bond acceptors (Lipinski definition) is 5. The maximum Gasteiger partial charge on any atom is 0.232 e. The normalized spacial score (nSPS) is 11.7. The molecule has 0 atom stereocenters. The molecule has 1 aromatic rings. The first-order valence-electron chi connectivity index (χ1n) is 6.30. The first-order valence-corrected chi connectivity index (χ1v) is 7.95. The van der Waals surface area contributed by atoms with Gasteiger partial charge in [0, 0.05) is 13.3 Å². The van der Waals surface area contributed by atoms with E-state index in [1.165, 1.54) is 6.20 Å². The van der Waals surface area contributed by atoms with Crippen molar-refractivity contribution in [3.05, 3.63) is 12.4 Å². The van der Waals surface area contributed by atoms with Crippen LogP contribution >= 0.6 is 0 Å². The molecule has 110 valence electrons. The van der Waals surface area contributed by atoms with Crippen LogP contribution in [0.3, 0.4) is 0 Å². The van der Waals surface area contributed by atoms with Crippen molar-refractivity contribution in [1.29, 1.82) is 0 Å². The van der Waals surface area contributed by atoms with E-state index in [-0.39, 0.29) is 5.75 Å². The molecule has 0 aliphatic heterocycles. The summed E-state index contributed by atoms with van der Waals surface area (Å²) in [6.07, 6.45) is 3.74. The molecule has 0 aromatic carbocycles. The van der Waals surface area contributed by atoms with E-state index in [1.54, 1.807) is 18.0 Å². The molecule has 1 heterocycles. The predicted molar refractivity (Wildman–Crippen MR) is 74.7 cm³/mol. The molecule has 0 saturated heterocycles. The summed E-state index contributed by atoms with van der Waals surface area (Å²) in [7, 11) is -1.69. The van der Waals surface area contributed by atoms with Crippen molar-refractivity contribution in [2.75, 3.05) is 37.3 Å². The number of rotatable bonds is 10. The topological polar surface area (TPSA) is 85.3 Å². The van der Waals surface area contributed by atoms with E-state index < -0.39 is 10.0 Å². The smallest absolute Gasteiger partial charge is 0.232 e. The van der Waals surface area contributed by atoms with Crippen LogP contribution in [0.2, 0.25) is 0 Å². The lowest BCUT2D eigenvalue weighted by molar-refractivity contribution is 0.183. The third-order valence-electron chi connectivity index (χ3n) is 2.45. The van der Waals surface area contributed by atoms with E-state index in [2.05, 4.69) is 15.1 Å². The monoisotopic (exact) mass is 290 g/mol.